The molecule has 0 radical (unpaired) electrons. The molecule has 3 nitrogen and oxygen atoms in total. The largest absolute Gasteiger partial charge is 0.461 e. The fraction of sp³-hybridized carbons (Fsp3) is 0.333. The molecule has 0 unspecified atom stereocenters. The van der Waals surface area contributed by atoms with Crippen molar-refractivity contribution >= 4 is 23.4 Å². The van der Waals surface area contributed by atoms with Crippen LogP contribution >= 0.6 is 11.3 Å². The van der Waals surface area contributed by atoms with Crippen molar-refractivity contribution in [3.8, 4) is 0 Å². The molecule has 0 atom stereocenters. The number of rotatable bonds is 3. The summed E-state index contributed by atoms with van der Waals surface area (Å²) >= 11 is 1.40. The van der Waals surface area contributed by atoms with Gasteiger partial charge in [0.2, 0.25) is 5.83 Å². The van der Waals surface area contributed by atoms with Crippen LogP contribution in [0.4, 0.5) is 4.39 Å². The van der Waals surface area contributed by atoms with E-state index in [1.54, 1.807) is 12.3 Å². The van der Waals surface area contributed by atoms with Crippen LogP contribution in [0.2, 0.25) is 0 Å². The van der Waals surface area contributed by atoms with E-state index >= 15 is 0 Å². The fourth-order valence-corrected chi connectivity index (χ4v) is 1.41. The molecular weight excluding hydrogens is 205 g/mol. The quantitative estimate of drug-likeness (QED) is 0.573. The second kappa shape index (κ2) is 4.85. The maximum Gasteiger partial charge on any atom is 0.367 e. The summed E-state index contributed by atoms with van der Waals surface area (Å²) in [6.07, 6.45) is 1.07. The number of halogens is 1. The number of hydrogen-bond acceptors (Lipinski definition) is 4. The fourth-order valence-electron chi connectivity index (χ4n) is 0.835. The Balaban J connectivity index is 2.73. The molecule has 0 saturated carbocycles. The van der Waals surface area contributed by atoms with Crippen LogP contribution in [-0.4, -0.2) is 17.6 Å². The molecule has 0 aliphatic rings. The number of esters is 1. The highest BCUT2D eigenvalue weighted by molar-refractivity contribution is 7.09. The van der Waals surface area contributed by atoms with Gasteiger partial charge in [0.25, 0.3) is 0 Å². The SMILES string of the molecule is CCOC(=O)/C(F)=C/c1csc(C)n1. The highest BCUT2D eigenvalue weighted by Gasteiger charge is 2.09. The second-order valence-corrected chi connectivity index (χ2v) is 3.57. The van der Waals surface area contributed by atoms with E-state index in [2.05, 4.69) is 9.72 Å². The molecule has 0 fully saturated rings. The molecule has 0 saturated heterocycles. The first-order valence-electron chi connectivity index (χ1n) is 4.10. The van der Waals surface area contributed by atoms with Crippen molar-refractivity contribution in [3.63, 3.8) is 0 Å². The summed E-state index contributed by atoms with van der Waals surface area (Å²) in [5.41, 5.74) is 0.443. The summed E-state index contributed by atoms with van der Waals surface area (Å²) in [6, 6.07) is 0. The third-order valence-electron chi connectivity index (χ3n) is 1.38. The van der Waals surface area contributed by atoms with Gasteiger partial charge in [0.1, 0.15) is 0 Å². The van der Waals surface area contributed by atoms with Crippen molar-refractivity contribution in [2.75, 3.05) is 6.61 Å². The van der Waals surface area contributed by atoms with Crippen molar-refractivity contribution in [2.24, 2.45) is 0 Å². The first kappa shape index (κ1) is 10.8. The van der Waals surface area contributed by atoms with Crippen LogP contribution < -0.4 is 0 Å². The standard InChI is InChI=1S/C9H10FNO2S/c1-3-13-9(12)8(10)4-7-5-14-6(2)11-7/h4-5H,3H2,1-2H3/b8-4-. The summed E-state index contributed by atoms with van der Waals surface area (Å²) in [5.74, 6) is -1.87. The summed E-state index contributed by atoms with van der Waals surface area (Å²) in [4.78, 5) is 14.9. The van der Waals surface area contributed by atoms with Gasteiger partial charge in [-0.05, 0) is 13.8 Å². The maximum absolute atomic E-state index is 13.0. The minimum Gasteiger partial charge on any atom is -0.461 e. The Kier molecular flexibility index (Phi) is 3.76. The van der Waals surface area contributed by atoms with E-state index in [0.29, 0.717) is 5.69 Å². The first-order chi connectivity index (χ1) is 6.63. The van der Waals surface area contributed by atoms with Crippen LogP contribution in [0.15, 0.2) is 11.2 Å². The zero-order chi connectivity index (χ0) is 10.6. The molecule has 0 N–H and O–H groups in total. The zero-order valence-electron chi connectivity index (χ0n) is 7.91. The van der Waals surface area contributed by atoms with Crippen LogP contribution in [0, 0.1) is 6.92 Å². The zero-order valence-corrected chi connectivity index (χ0v) is 8.73. The number of carbonyl (C=O) groups excluding carboxylic acids is 1. The number of aryl methyl sites for hydroxylation is 1. The topological polar surface area (TPSA) is 39.2 Å². The molecule has 0 bridgehead atoms. The number of aromatic nitrogens is 1. The third kappa shape index (κ3) is 2.92. The Hall–Kier alpha value is -1.23. The molecule has 0 aliphatic heterocycles. The van der Waals surface area contributed by atoms with E-state index in [9.17, 15) is 9.18 Å². The van der Waals surface area contributed by atoms with Gasteiger partial charge in [0, 0.05) is 11.5 Å². The lowest BCUT2D eigenvalue weighted by atomic mass is 10.4. The smallest absolute Gasteiger partial charge is 0.367 e. The minimum absolute atomic E-state index is 0.163. The molecule has 1 rings (SSSR count). The number of carbonyl (C=O) groups is 1. The molecule has 0 aliphatic carbocycles. The minimum atomic E-state index is -0.946. The Morgan fingerprint density at radius 2 is 2.50 bits per heavy atom. The Bertz CT molecular complexity index is 359. The van der Waals surface area contributed by atoms with Crippen LogP contribution in [0.3, 0.4) is 0 Å². The lowest BCUT2D eigenvalue weighted by Crippen LogP contribution is -2.03. The molecular formula is C9H10FNO2S. The maximum atomic E-state index is 13.0. The monoisotopic (exact) mass is 215 g/mol. The van der Waals surface area contributed by atoms with Gasteiger partial charge < -0.3 is 4.74 Å². The predicted octanol–water partition coefficient (Wildman–Crippen LogP) is 2.33. The second-order valence-electron chi connectivity index (χ2n) is 2.50. The van der Waals surface area contributed by atoms with Crippen LogP contribution in [0.1, 0.15) is 17.6 Å². The van der Waals surface area contributed by atoms with Crippen LogP contribution in [0.5, 0.6) is 0 Å². The number of nitrogens with zero attached hydrogens (tertiary/aromatic N) is 1. The van der Waals surface area contributed by atoms with Crippen molar-refractivity contribution < 1.29 is 13.9 Å². The number of hydrogen-bond donors (Lipinski definition) is 0. The third-order valence-corrected chi connectivity index (χ3v) is 2.17. The van der Waals surface area contributed by atoms with E-state index in [1.165, 1.54) is 11.3 Å². The van der Waals surface area contributed by atoms with E-state index in [1.807, 2.05) is 6.92 Å². The molecule has 1 heterocycles. The highest BCUT2D eigenvalue weighted by Crippen LogP contribution is 2.13. The number of ether oxygens (including phenoxy) is 1. The van der Waals surface area contributed by atoms with Crippen molar-refractivity contribution in [1.82, 2.24) is 4.98 Å². The Labute approximate surface area is 85.2 Å². The molecule has 0 amide bonds. The lowest BCUT2D eigenvalue weighted by molar-refractivity contribution is -0.140. The van der Waals surface area contributed by atoms with Crippen molar-refractivity contribution in [1.29, 1.82) is 0 Å². The molecule has 76 valence electrons. The lowest BCUT2D eigenvalue weighted by Gasteiger charge is -1.96. The molecule has 5 heteroatoms. The van der Waals surface area contributed by atoms with Crippen LogP contribution in [0.25, 0.3) is 6.08 Å². The number of thiazole rings is 1. The molecule has 0 aromatic carbocycles. The average Bonchev–Trinajstić information content (AvgIpc) is 2.51. The summed E-state index contributed by atoms with van der Waals surface area (Å²) in [6.45, 7) is 3.60. The van der Waals surface area contributed by atoms with Gasteiger partial charge in [-0.25, -0.2) is 9.78 Å². The van der Waals surface area contributed by atoms with Gasteiger partial charge in [-0.3, -0.25) is 0 Å². The first-order valence-corrected chi connectivity index (χ1v) is 4.98. The molecule has 0 spiro atoms. The Morgan fingerprint density at radius 1 is 1.79 bits per heavy atom. The normalized spacial score (nSPS) is 11.5. The summed E-state index contributed by atoms with van der Waals surface area (Å²) in [5, 5.41) is 2.50. The van der Waals surface area contributed by atoms with Crippen molar-refractivity contribution in [2.45, 2.75) is 13.8 Å². The van der Waals surface area contributed by atoms with Crippen LogP contribution in [-0.2, 0) is 9.53 Å². The van der Waals surface area contributed by atoms with Gasteiger partial charge >= 0.3 is 5.97 Å². The molecule has 1 aromatic heterocycles. The van der Waals surface area contributed by atoms with Gasteiger partial charge in [-0.15, -0.1) is 11.3 Å². The Morgan fingerprint density at radius 3 is 3.00 bits per heavy atom. The summed E-state index contributed by atoms with van der Waals surface area (Å²) < 4.78 is 17.5. The van der Waals surface area contributed by atoms with E-state index in [0.717, 1.165) is 11.1 Å². The van der Waals surface area contributed by atoms with E-state index in [-0.39, 0.29) is 6.61 Å². The summed E-state index contributed by atoms with van der Waals surface area (Å²) in [7, 11) is 0. The van der Waals surface area contributed by atoms with Gasteiger partial charge in [-0.1, -0.05) is 0 Å². The molecule has 1 aromatic rings. The van der Waals surface area contributed by atoms with E-state index in [4.69, 9.17) is 0 Å². The molecule has 14 heavy (non-hydrogen) atoms. The van der Waals surface area contributed by atoms with E-state index < -0.39 is 11.8 Å². The van der Waals surface area contributed by atoms with Gasteiger partial charge in [-0.2, -0.15) is 4.39 Å². The van der Waals surface area contributed by atoms with Crippen molar-refractivity contribution in [3.05, 3.63) is 21.9 Å². The predicted molar refractivity (Wildman–Crippen MR) is 52.6 cm³/mol. The van der Waals surface area contributed by atoms with Gasteiger partial charge in [0.05, 0.1) is 17.3 Å². The highest BCUT2D eigenvalue weighted by atomic mass is 32.1. The average molecular weight is 215 g/mol. The van der Waals surface area contributed by atoms with Gasteiger partial charge in [0.15, 0.2) is 0 Å².